The number of hydrogen-bond acceptors (Lipinski definition) is 2. The largest absolute Gasteiger partial charge is 0.478 e. The van der Waals surface area contributed by atoms with Crippen LogP contribution >= 0.6 is 15.9 Å². The van der Waals surface area contributed by atoms with Gasteiger partial charge < -0.3 is 5.11 Å². The quantitative estimate of drug-likeness (QED) is 0.528. The Bertz CT molecular complexity index is 481. The van der Waals surface area contributed by atoms with Gasteiger partial charge in [-0.15, -0.1) is 0 Å². The Kier molecular flexibility index (Phi) is 4.57. The van der Waals surface area contributed by atoms with Gasteiger partial charge in [0.25, 0.3) is 0 Å². The second-order valence-electron chi connectivity index (χ2n) is 3.35. The second kappa shape index (κ2) is 5.72. The predicted octanol–water partition coefficient (Wildman–Crippen LogP) is 2.89. The zero-order valence-corrected chi connectivity index (χ0v) is 10.6. The monoisotopic (exact) mass is 300 g/mol. The summed E-state index contributed by atoms with van der Waals surface area (Å²) in [4.78, 5) is 21.7. The van der Waals surface area contributed by atoms with Crippen molar-refractivity contribution in [2.24, 2.45) is 0 Å². The van der Waals surface area contributed by atoms with E-state index in [1.165, 1.54) is 18.2 Å². The molecule has 0 amide bonds. The number of carbonyl (C=O) groups is 2. The molecule has 1 aromatic rings. The van der Waals surface area contributed by atoms with Crippen LogP contribution in [0.5, 0.6) is 0 Å². The number of halogens is 2. The van der Waals surface area contributed by atoms with Crippen LogP contribution in [0, 0.1) is 5.82 Å². The van der Waals surface area contributed by atoms with Crippen molar-refractivity contribution in [2.45, 2.75) is 11.8 Å². The SMILES string of the molecule is CC(Br)C(=O)c1cccc(F)c1C=CC(=O)O. The fraction of sp³-hybridized carbons (Fsp3) is 0.167. The minimum absolute atomic E-state index is 0.00815. The summed E-state index contributed by atoms with van der Waals surface area (Å²) in [5.74, 6) is -2.12. The van der Waals surface area contributed by atoms with E-state index in [-0.39, 0.29) is 16.9 Å². The van der Waals surface area contributed by atoms with Gasteiger partial charge in [0.05, 0.1) is 4.83 Å². The van der Waals surface area contributed by atoms with Crippen LogP contribution in [0.1, 0.15) is 22.8 Å². The average Bonchev–Trinajstić information content (AvgIpc) is 2.25. The minimum Gasteiger partial charge on any atom is -0.478 e. The van der Waals surface area contributed by atoms with E-state index in [9.17, 15) is 14.0 Å². The summed E-state index contributed by atoms with van der Waals surface area (Å²) < 4.78 is 13.5. The van der Waals surface area contributed by atoms with E-state index in [1.807, 2.05) is 0 Å². The molecule has 0 fully saturated rings. The highest BCUT2D eigenvalue weighted by atomic mass is 79.9. The molecule has 5 heteroatoms. The van der Waals surface area contributed by atoms with E-state index in [0.717, 1.165) is 12.2 Å². The molecule has 17 heavy (non-hydrogen) atoms. The molecule has 0 spiro atoms. The smallest absolute Gasteiger partial charge is 0.328 e. The van der Waals surface area contributed by atoms with Crippen LogP contribution < -0.4 is 0 Å². The molecule has 0 bridgehead atoms. The molecule has 1 rings (SSSR count). The number of carboxylic acid groups (broad SMARTS) is 1. The van der Waals surface area contributed by atoms with Gasteiger partial charge in [0.1, 0.15) is 5.82 Å². The summed E-state index contributed by atoms with van der Waals surface area (Å²) in [5, 5.41) is 8.50. The zero-order valence-electron chi connectivity index (χ0n) is 8.98. The number of carboxylic acids is 1. The Labute approximate surface area is 106 Å². The molecular formula is C12H10BrFO3. The number of ketones is 1. The van der Waals surface area contributed by atoms with Gasteiger partial charge in [-0.2, -0.15) is 0 Å². The lowest BCUT2D eigenvalue weighted by Crippen LogP contribution is -2.12. The standard InChI is InChI=1S/C12H10BrFO3/c1-7(13)12(17)9-3-2-4-10(14)8(9)5-6-11(15)16/h2-7H,1H3,(H,15,16). The van der Waals surface area contributed by atoms with Crippen molar-refractivity contribution in [1.29, 1.82) is 0 Å². The maximum Gasteiger partial charge on any atom is 0.328 e. The molecule has 1 atom stereocenters. The normalized spacial score (nSPS) is 12.6. The zero-order chi connectivity index (χ0) is 13.0. The van der Waals surface area contributed by atoms with E-state index in [0.29, 0.717) is 0 Å². The van der Waals surface area contributed by atoms with Gasteiger partial charge in [0.15, 0.2) is 5.78 Å². The van der Waals surface area contributed by atoms with E-state index < -0.39 is 16.6 Å². The van der Waals surface area contributed by atoms with Crippen molar-refractivity contribution in [3.05, 3.63) is 41.2 Å². The van der Waals surface area contributed by atoms with E-state index >= 15 is 0 Å². The molecule has 3 nitrogen and oxygen atoms in total. The summed E-state index contributed by atoms with van der Waals surface area (Å²) >= 11 is 3.10. The molecule has 1 unspecified atom stereocenters. The third kappa shape index (κ3) is 3.49. The lowest BCUT2D eigenvalue weighted by molar-refractivity contribution is -0.131. The number of rotatable bonds is 4. The van der Waals surface area contributed by atoms with Gasteiger partial charge in [0, 0.05) is 17.2 Å². The maximum atomic E-state index is 13.5. The van der Waals surface area contributed by atoms with Crippen molar-refractivity contribution >= 4 is 33.8 Å². The first kappa shape index (κ1) is 13.6. The van der Waals surface area contributed by atoms with E-state index in [4.69, 9.17) is 5.11 Å². The Balaban J connectivity index is 3.26. The molecule has 0 heterocycles. The van der Waals surface area contributed by atoms with E-state index in [2.05, 4.69) is 15.9 Å². The Hall–Kier alpha value is -1.49. The van der Waals surface area contributed by atoms with Crippen LogP contribution in [-0.2, 0) is 4.79 Å². The highest BCUT2D eigenvalue weighted by molar-refractivity contribution is 9.10. The van der Waals surface area contributed by atoms with E-state index in [1.54, 1.807) is 6.92 Å². The summed E-state index contributed by atoms with van der Waals surface area (Å²) in [6, 6.07) is 4.05. The summed E-state index contributed by atoms with van der Waals surface area (Å²) in [5.41, 5.74) is 0.151. The molecule has 0 aliphatic rings. The van der Waals surface area contributed by atoms with Crippen LogP contribution in [0.15, 0.2) is 24.3 Å². The van der Waals surface area contributed by atoms with Crippen molar-refractivity contribution in [3.8, 4) is 0 Å². The molecule has 90 valence electrons. The number of aliphatic carboxylic acids is 1. The molecule has 1 aromatic carbocycles. The first-order valence-corrected chi connectivity index (χ1v) is 5.73. The van der Waals surface area contributed by atoms with Crippen molar-refractivity contribution < 1.29 is 19.1 Å². The summed E-state index contributed by atoms with van der Waals surface area (Å²) in [6.45, 7) is 1.62. The maximum absolute atomic E-state index is 13.5. The van der Waals surface area contributed by atoms with Gasteiger partial charge >= 0.3 is 5.97 Å². The first-order chi connectivity index (χ1) is 7.93. The first-order valence-electron chi connectivity index (χ1n) is 4.81. The fourth-order valence-corrected chi connectivity index (χ4v) is 1.54. The van der Waals surface area contributed by atoms with Gasteiger partial charge in [0.2, 0.25) is 0 Å². The van der Waals surface area contributed by atoms with Crippen LogP contribution in [0.4, 0.5) is 4.39 Å². The van der Waals surface area contributed by atoms with Crippen molar-refractivity contribution in [2.75, 3.05) is 0 Å². The Morgan fingerprint density at radius 2 is 2.12 bits per heavy atom. The topological polar surface area (TPSA) is 54.4 Å². The third-order valence-corrected chi connectivity index (χ3v) is 2.49. The Morgan fingerprint density at radius 3 is 2.65 bits per heavy atom. The predicted molar refractivity (Wildman–Crippen MR) is 65.8 cm³/mol. The third-order valence-electron chi connectivity index (χ3n) is 2.07. The number of benzene rings is 1. The van der Waals surface area contributed by atoms with Gasteiger partial charge in [-0.25, -0.2) is 9.18 Å². The van der Waals surface area contributed by atoms with Gasteiger partial charge in [-0.3, -0.25) is 4.79 Å². The van der Waals surface area contributed by atoms with Crippen molar-refractivity contribution in [3.63, 3.8) is 0 Å². The average molecular weight is 301 g/mol. The number of hydrogen-bond donors (Lipinski definition) is 1. The molecule has 0 aliphatic heterocycles. The lowest BCUT2D eigenvalue weighted by Gasteiger charge is -2.07. The van der Waals surface area contributed by atoms with Crippen LogP contribution in [-0.4, -0.2) is 21.7 Å². The summed E-state index contributed by atoms with van der Waals surface area (Å²) in [6.07, 6.45) is 1.88. The second-order valence-corrected chi connectivity index (χ2v) is 4.73. The molecule has 0 saturated carbocycles. The van der Waals surface area contributed by atoms with Crippen LogP contribution in [0.2, 0.25) is 0 Å². The lowest BCUT2D eigenvalue weighted by atomic mass is 10.0. The van der Waals surface area contributed by atoms with Crippen LogP contribution in [0.25, 0.3) is 6.08 Å². The van der Waals surface area contributed by atoms with Crippen LogP contribution in [0.3, 0.4) is 0 Å². The summed E-state index contributed by atoms with van der Waals surface area (Å²) in [7, 11) is 0. The number of Topliss-reactive ketones (excluding diaryl/α,β-unsaturated/α-hetero) is 1. The molecule has 1 N–H and O–H groups in total. The molecular weight excluding hydrogens is 291 g/mol. The minimum atomic E-state index is -1.20. The molecule has 0 aromatic heterocycles. The number of carbonyl (C=O) groups excluding carboxylic acids is 1. The highest BCUT2D eigenvalue weighted by Gasteiger charge is 2.17. The van der Waals surface area contributed by atoms with Gasteiger partial charge in [-0.1, -0.05) is 28.1 Å². The van der Waals surface area contributed by atoms with Gasteiger partial charge in [-0.05, 0) is 19.1 Å². The molecule has 0 radical (unpaired) electrons. The number of alkyl halides is 1. The van der Waals surface area contributed by atoms with Crippen molar-refractivity contribution in [1.82, 2.24) is 0 Å². The molecule has 0 aliphatic carbocycles. The molecule has 0 saturated heterocycles. The Morgan fingerprint density at radius 1 is 1.47 bits per heavy atom. The highest BCUT2D eigenvalue weighted by Crippen LogP contribution is 2.19. The fourth-order valence-electron chi connectivity index (χ4n) is 1.29.